The molecular formula is C10H10BrFO2. The van der Waals surface area contributed by atoms with E-state index >= 15 is 0 Å². The van der Waals surface area contributed by atoms with Crippen molar-refractivity contribution in [3.8, 4) is 0 Å². The van der Waals surface area contributed by atoms with Crippen molar-refractivity contribution in [2.45, 2.75) is 12.0 Å². The highest BCUT2D eigenvalue weighted by Gasteiger charge is 2.36. The minimum atomic E-state index is -0.873. The molecule has 0 unspecified atom stereocenters. The topological polar surface area (TPSA) is 29.5 Å². The van der Waals surface area contributed by atoms with Crippen LogP contribution in [0.4, 0.5) is 4.39 Å². The van der Waals surface area contributed by atoms with Crippen LogP contribution in [0.3, 0.4) is 0 Å². The summed E-state index contributed by atoms with van der Waals surface area (Å²) in [6, 6.07) is 4.72. The van der Waals surface area contributed by atoms with Crippen molar-refractivity contribution in [1.82, 2.24) is 0 Å². The summed E-state index contributed by atoms with van der Waals surface area (Å²) in [5.41, 5.74) is -0.355. The fraction of sp³-hybridized carbons (Fsp3) is 0.400. The molecule has 1 aromatic rings. The van der Waals surface area contributed by atoms with Crippen molar-refractivity contribution in [2.24, 2.45) is 0 Å². The molecule has 2 rings (SSSR count). The molecule has 1 aromatic carbocycles. The number of rotatable bonds is 2. The average Bonchev–Trinajstić information content (AvgIpc) is 2.09. The van der Waals surface area contributed by atoms with Crippen molar-refractivity contribution in [3.63, 3.8) is 0 Å². The van der Waals surface area contributed by atoms with E-state index < -0.39 is 5.60 Å². The van der Waals surface area contributed by atoms with E-state index in [9.17, 15) is 9.50 Å². The molecule has 1 aliphatic rings. The van der Waals surface area contributed by atoms with Gasteiger partial charge < -0.3 is 9.84 Å². The van der Waals surface area contributed by atoms with Gasteiger partial charge in [0.2, 0.25) is 0 Å². The van der Waals surface area contributed by atoms with Crippen LogP contribution >= 0.6 is 15.9 Å². The number of halogens is 2. The van der Waals surface area contributed by atoms with Crippen LogP contribution in [0, 0.1) is 5.82 Å². The molecular weight excluding hydrogens is 251 g/mol. The Morgan fingerprint density at radius 3 is 2.79 bits per heavy atom. The highest BCUT2D eigenvalue weighted by molar-refractivity contribution is 9.10. The lowest BCUT2D eigenvalue weighted by Crippen LogP contribution is -2.51. The summed E-state index contributed by atoms with van der Waals surface area (Å²) in [6.07, 6.45) is 0.304. The molecule has 1 N–H and O–H groups in total. The normalized spacial score (nSPS) is 19.1. The number of benzene rings is 1. The Hall–Kier alpha value is -0.450. The van der Waals surface area contributed by atoms with Gasteiger partial charge in [-0.05, 0) is 23.8 Å². The van der Waals surface area contributed by atoms with Crippen molar-refractivity contribution >= 4 is 15.9 Å². The summed E-state index contributed by atoms with van der Waals surface area (Å²) in [5, 5.41) is 9.77. The first-order valence-corrected chi connectivity index (χ1v) is 5.12. The van der Waals surface area contributed by atoms with Gasteiger partial charge in [0.25, 0.3) is 0 Å². The molecule has 0 amide bonds. The number of hydrogen-bond donors (Lipinski definition) is 1. The highest BCUT2D eigenvalue weighted by Crippen LogP contribution is 2.25. The Morgan fingerprint density at radius 2 is 2.21 bits per heavy atom. The monoisotopic (exact) mass is 260 g/mol. The lowest BCUT2D eigenvalue weighted by molar-refractivity contribution is -0.177. The summed E-state index contributed by atoms with van der Waals surface area (Å²) in [4.78, 5) is 0. The number of aliphatic hydroxyl groups is 1. The van der Waals surface area contributed by atoms with Gasteiger partial charge in [-0.2, -0.15) is 0 Å². The summed E-state index contributed by atoms with van der Waals surface area (Å²) < 4.78 is 19.0. The van der Waals surface area contributed by atoms with E-state index in [-0.39, 0.29) is 5.82 Å². The summed E-state index contributed by atoms with van der Waals surface area (Å²) in [7, 11) is 0. The Morgan fingerprint density at radius 1 is 1.50 bits per heavy atom. The lowest BCUT2D eigenvalue weighted by atomic mass is 9.93. The molecule has 14 heavy (non-hydrogen) atoms. The number of hydrogen-bond acceptors (Lipinski definition) is 2. The SMILES string of the molecule is OC1(Cc2cc(Br)ccc2F)COC1. The second kappa shape index (κ2) is 3.61. The molecule has 1 aliphatic heterocycles. The Labute approximate surface area is 89.8 Å². The standard InChI is InChI=1S/C10H10BrFO2/c11-8-1-2-9(12)7(3-8)4-10(13)5-14-6-10/h1-3,13H,4-6H2. The van der Waals surface area contributed by atoms with Gasteiger partial charge in [-0.3, -0.25) is 0 Å². The quantitative estimate of drug-likeness (QED) is 0.880. The van der Waals surface area contributed by atoms with Gasteiger partial charge >= 0.3 is 0 Å². The fourth-order valence-electron chi connectivity index (χ4n) is 1.47. The lowest BCUT2D eigenvalue weighted by Gasteiger charge is -2.36. The van der Waals surface area contributed by atoms with E-state index in [1.54, 1.807) is 12.1 Å². The zero-order chi connectivity index (χ0) is 10.2. The highest BCUT2D eigenvalue weighted by atomic mass is 79.9. The van der Waals surface area contributed by atoms with Crippen LogP contribution in [-0.4, -0.2) is 23.9 Å². The maximum atomic E-state index is 13.3. The first-order valence-electron chi connectivity index (χ1n) is 4.33. The Balaban J connectivity index is 2.19. The minimum Gasteiger partial charge on any atom is -0.385 e. The third kappa shape index (κ3) is 1.97. The van der Waals surface area contributed by atoms with Crippen molar-refractivity contribution in [2.75, 3.05) is 13.2 Å². The van der Waals surface area contributed by atoms with Crippen molar-refractivity contribution in [3.05, 3.63) is 34.1 Å². The van der Waals surface area contributed by atoms with Gasteiger partial charge in [0, 0.05) is 10.9 Å². The zero-order valence-corrected chi connectivity index (χ0v) is 9.05. The first-order chi connectivity index (χ1) is 6.59. The van der Waals surface area contributed by atoms with E-state index in [4.69, 9.17) is 4.74 Å². The molecule has 0 spiro atoms. The predicted octanol–water partition coefficient (Wildman–Crippen LogP) is 1.89. The van der Waals surface area contributed by atoms with Crippen LogP contribution in [-0.2, 0) is 11.2 Å². The van der Waals surface area contributed by atoms with Gasteiger partial charge in [-0.1, -0.05) is 15.9 Å². The molecule has 0 saturated carbocycles. The van der Waals surface area contributed by atoms with Gasteiger partial charge in [0.15, 0.2) is 0 Å². The second-order valence-electron chi connectivity index (χ2n) is 3.63. The van der Waals surface area contributed by atoms with Crippen LogP contribution in [0.1, 0.15) is 5.56 Å². The maximum Gasteiger partial charge on any atom is 0.126 e. The molecule has 0 aromatic heterocycles. The summed E-state index contributed by atoms with van der Waals surface area (Å²) in [5.74, 6) is -0.284. The smallest absolute Gasteiger partial charge is 0.126 e. The maximum absolute atomic E-state index is 13.3. The predicted molar refractivity (Wildman–Crippen MR) is 53.6 cm³/mol. The zero-order valence-electron chi connectivity index (χ0n) is 7.46. The van der Waals surface area contributed by atoms with E-state index in [2.05, 4.69) is 15.9 Å². The number of ether oxygens (including phenoxy) is 1. The van der Waals surface area contributed by atoms with Gasteiger partial charge in [-0.25, -0.2) is 4.39 Å². The summed E-state index contributed by atoms with van der Waals surface area (Å²) in [6.45, 7) is 0.581. The molecule has 4 heteroatoms. The molecule has 1 heterocycles. The van der Waals surface area contributed by atoms with Crippen LogP contribution in [0.5, 0.6) is 0 Å². The van der Waals surface area contributed by atoms with E-state index in [0.717, 1.165) is 4.47 Å². The summed E-state index contributed by atoms with van der Waals surface area (Å²) >= 11 is 3.26. The molecule has 1 saturated heterocycles. The second-order valence-corrected chi connectivity index (χ2v) is 4.55. The van der Waals surface area contributed by atoms with Crippen LogP contribution in [0.25, 0.3) is 0 Å². The molecule has 0 radical (unpaired) electrons. The fourth-order valence-corrected chi connectivity index (χ4v) is 1.88. The third-order valence-corrected chi connectivity index (χ3v) is 2.76. The Kier molecular flexibility index (Phi) is 2.60. The van der Waals surface area contributed by atoms with Gasteiger partial charge in [0.1, 0.15) is 11.4 Å². The van der Waals surface area contributed by atoms with Crippen LogP contribution in [0.15, 0.2) is 22.7 Å². The molecule has 2 nitrogen and oxygen atoms in total. The van der Waals surface area contributed by atoms with Gasteiger partial charge in [0.05, 0.1) is 13.2 Å². The molecule has 0 aliphatic carbocycles. The third-order valence-electron chi connectivity index (χ3n) is 2.27. The molecule has 0 bridgehead atoms. The first kappa shape index (κ1) is 10.1. The molecule has 0 atom stereocenters. The Bertz CT molecular complexity index is 350. The van der Waals surface area contributed by atoms with E-state index in [1.807, 2.05) is 0 Å². The van der Waals surface area contributed by atoms with E-state index in [1.165, 1.54) is 6.07 Å². The van der Waals surface area contributed by atoms with Crippen molar-refractivity contribution < 1.29 is 14.2 Å². The van der Waals surface area contributed by atoms with E-state index in [0.29, 0.717) is 25.2 Å². The van der Waals surface area contributed by atoms with Crippen molar-refractivity contribution in [1.29, 1.82) is 0 Å². The molecule has 1 fully saturated rings. The van der Waals surface area contributed by atoms with Crippen LogP contribution < -0.4 is 0 Å². The van der Waals surface area contributed by atoms with Gasteiger partial charge in [-0.15, -0.1) is 0 Å². The largest absolute Gasteiger partial charge is 0.385 e. The van der Waals surface area contributed by atoms with Crippen LogP contribution in [0.2, 0.25) is 0 Å². The molecule has 76 valence electrons. The minimum absolute atomic E-state index is 0.284. The average molecular weight is 261 g/mol.